The van der Waals surface area contributed by atoms with E-state index in [4.69, 9.17) is 18.9 Å². The van der Waals surface area contributed by atoms with Crippen molar-refractivity contribution >= 4 is 8.32 Å². The van der Waals surface area contributed by atoms with Gasteiger partial charge in [-0.1, -0.05) is 46.3 Å². The molecular formula is C31H56O4Si. The molecule has 0 N–H and O–H groups in total. The molecule has 0 aliphatic heterocycles. The predicted molar refractivity (Wildman–Crippen MR) is 150 cm³/mol. The van der Waals surface area contributed by atoms with E-state index in [1.807, 2.05) is 20.8 Å². The van der Waals surface area contributed by atoms with Crippen LogP contribution in [0.25, 0.3) is 0 Å². The van der Waals surface area contributed by atoms with Crippen molar-refractivity contribution in [3.05, 3.63) is 11.6 Å². The van der Waals surface area contributed by atoms with Crippen LogP contribution in [0.1, 0.15) is 107 Å². The largest absolute Gasteiger partial charge is 0.414 e. The van der Waals surface area contributed by atoms with Crippen molar-refractivity contribution in [2.24, 2.45) is 28.6 Å². The monoisotopic (exact) mass is 520 g/mol. The maximum Gasteiger partial charge on any atom is 0.192 e. The molecule has 0 amide bonds. The first kappa shape index (κ1) is 28.8. The molecule has 4 rings (SSSR count). The molecular weight excluding hydrogens is 464 g/mol. The van der Waals surface area contributed by atoms with Gasteiger partial charge in [0.1, 0.15) is 6.61 Å². The number of fused-ring (bicyclic) bond motifs is 5. The van der Waals surface area contributed by atoms with Crippen LogP contribution in [0.2, 0.25) is 18.1 Å². The topological polar surface area (TPSA) is 36.9 Å². The Morgan fingerprint density at radius 1 is 0.917 bits per heavy atom. The van der Waals surface area contributed by atoms with E-state index in [1.54, 1.807) is 5.57 Å². The van der Waals surface area contributed by atoms with Crippen LogP contribution in [-0.2, 0) is 18.9 Å². The molecule has 36 heavy (non-hydrogen) atoms. The van der Waals surface area contributed by atoms with Crippen molar-refractivity contribution < 1.29 is 18.9 Å². The summed E-state index contributed by atoms with van der Waals surface area (Å²) in [6.07, 6.45) is 13.6. The lowest BCUT2D eigenvalue weighted by atomic mass is 9.48. The fourth-order valence-electron chi connectivity index (χ4n) is 7.99. The van der Waals surface area contributed by atoms with Gasteiger partial charge >= 0.3 is 0 Å². The Hall–Kier alpha value is -0.203. The van der Waals surface area contributed by atoms with Crippen LogP contribution < -0.4 is 0 Å². The molecule has 0 heterocycles. The molecule has 208 valence electrons. The third-order valence-electron chi connectivity index (χ3n) is 11.0. The van der Waals surface area contributed by atoms with E-state index >= 15 is 0 Å². The van der Waals surface area contributed by atoms with E-state index in [0.717, 1.165) is 24.2 Å². The zero-order valence-corrected chi connectivity index (χ0v) is 26.2. The van der Waals surface area contributed by atoms with Gasteiger partial charge in [0.25, 0.3) is 0 Å². The van der Waals surface area contributed by atoms with Gasteiger partial charge in [-0.05, 0) is 119 Å². The van der Waals surface area contributed by atoms with Crippen molar-refractivity contribution in [2.45, 2.75) is 143 Å². The second-order valence-corrected chi connectivity index (χ2v) is 20.3. The molecule has 4 nitrogen and oxygen atoms in total. The van der Waals surface area contributed by atoms with Gasteiger partial charge in [-0.2, -0.15) is 0 Å². The average molecular weight is 521 g/mol. The maximum atomic E-state index is 6.91. The highest BCUT2D eigenvalue weighted by molar-refractivity contribution is 6.74. The Balaban J connectivity index is 1.38. The Bertz CT molecular complexity index is 808. The van der Waals surface area contributed by atoms with Crippen LogP contribution in [0.3, 0.4) is 0 Å². The number of rotatable bonds is 7. The minimum atomic E-state index is -1.73. The normalized spacial score (nSPS) is 39.3. The molecule has 4 aliphatic carbocycles. The second kappa shape index (κ2) is 10.1. The lowest BCUT2D eigenvalue weighted by Crippen LogP contribution is -2.52. The third-order valence-corrected chi connectivity index (χ3v) is 15.6. The second-order valence-electron chi connectivity index (χ2n) is 15.5. The quantitative estimate of drug-likeness (QED) is 0.111. The van der Waals surface area contributed by atoms with E-state index < -0.39 is 8.32 Å². The molecule has 0 aromatic rings. The molecule has 7 atom stereocenters. The van der Waals surface area contributed by atoms with Crippen LogP contribution in [-0.4, -0.2) is 39.3 Å². The lowest BCUT2D eigenvalue weighted by molar-refractivity contribution is -0.352. The van der Waals surface area contributed by atoms with E-state index in [1.165, 1.54) is 44.9 Å². The maximum absolute atomic E-state index is 6.91. The summed E-state index contributed by atoms with van der Waals surface area (Å²) in [5, 5.41) is 0.278. The Kier molecular flexibility index (Phi) is 8.06. The van der Waals surface area contributed by atoms with E-state index in [-0.39, 0.29) is 10.6 Å². The Morgan fingerprint density at radius 2 is 1.64 bits per heavy atom. The zero-order valence-electron chi connectivity index (χ0n) is 25.2. The van der Waals surface area contributed by atoms with Gasteiger partial charge in [-0.15, -0.1) is 0 Å². The molecule has 4 aliphatic rings. The van der Waals surface area contributed by atoms with E-state index in [0.29, 0.717) is 36.3 Å². The summed E-state index contributed by atoms with van der Waals surface area (Å²) in [5.74, 6) is 2.42. The highest BCUT2D eigenvalue weighted by Crippen LogP contribution is 2.65. The smallest absolute Gasteiger partial charge is 0.192 e. The van der Waals surface area contributed by atoms with E-state index in [2.05, 4.69) is 53.8 Å². The van der Waals surface area contributed by atoms with Crippen LogP contribution in [0.5, 0.6) is 0 Å². The van der Waals surface area contributed by atoms with Gasteiger partial charge in [-0.25, -0.2) is 9.78 Å². The van der Waals surface area contributed by atoms with Gasteiger partial charge in [0.15, 0.2) is 8.32 Å². The summed E-state index contributed by atoms with van der Waals surface area (Å²) in [7, 11) is -1.73. The summed E-state index contributed by atoms with van der Waals surface area (Å²) in [6.45, 7) is 24.2. The van der Waals surface area contributed by atoms with Crippen molar-refractivity contribution in [1.29, 1.82) is 0 Å². The molecule has 5 heteroatoms. The summed E-state index contributed by atoms with van der Waals surface area (Å²) >= 11 is 0. The fourth-order valence-corrected chi connectivity index (χ4v) is 9.38. The fraction of sp³-hybridized carbons (Fsp3) is 0.935. The molecule has 0 aromatic heterocycles. The molecule has 0 bridgehead atoms. The van der Waals surface area contributed by atoms with Gasteiger partial charge in [0, 0.05) is 6.10 Å². The van der Waals surface area contributed by atoms with E-state index in [9.17, 15) is 0 Å². The number of hydrogen-bond donors (Lipinski definition) is 0. The van der Waals surface area contributed by atoms with Gasteiger partial charge in [0.05, 0.1) is 18.3 Å². The predicted octanol–water partition coefficient (Wildman–Crippen LogP) is 8.47. The Labute approximate surface area is 223 Å². The SMILES string of the molecule is CC(C)(C)OOCCO[C@H]1CC[C@H]2[C@@H]3CC=C4C[C@@H](O[Si](C)(C)C(C)(C)C)CC[C@]4(C)[C@H]3CC[C@]12C. The lowest BCUT2D eigenvalue weighted by Gasteiger charge is -2.58. The molecule has 3 saturated carbocycles. The van der Waals surface area contributed by atoms with Crippen molar-refractivity contribution in [3.8, 4) is 0 Å². The average Bonchev–Trinajstić information content (AvgIpc) is 3.08. The van der Waals surface area contributed by atoms with Gasteiger partial charge < -0.3 is 9.16 Å². The van der Waals surface area contributed by atoms with Crippen LogP contribution in [0, 0.1) is 28.6 Å². The summed E-state index contributed by atoms with van der Waals surface area (Å²) in [6, 6.07) is 0. The first-order valence-electron chi connectivity index (χ1n) is 14.9. The molecule has 0 unspecified atom stereocenters. The van der Waals surface area contributed by atoms with Gasteiger partial charge in [0.2, 0.25) is 0 Å². The third kappa shape index (κ3) is 5.57. The number of allylic oxidation sites excluding steroid dienone is 1. The Morgan fingerprint density at radius 3 is 2.31 bits per heavy atom. The van der Waals surface area contributed by atoms with Gasteiger partial charge in [-0.3, -0.25) is 0 Å². The van der Waals surface area contributed by atoms with Crippen molar-refractivity contribution in [1.82, 2.24) is 0 Å². The number of ether oxygens (including phenoxy) is 1. The first-order chi connectivity index (χ1) is 16.6. The van der Waals surface area contributed by atoms with Crippen LogP contribution in [0.15, 0.2) is 11.6 Å². The highest BCUT2D eigenvalue weighted by atomic mass is 28.4. The summed E-state index contributed by atoms with van der Waals surface area (Å²) in [5.41, 5.74) is 2.12. The summed E-state index contributed by atoms with van der Waals surface area (Å²) < 4.78 is 13.4. The van der Waals surface area contributed by atoms with Crippen molar-refractivity contribution in [3.63, 3.8) is 0 Å². The minimum absolute atomic E-state index is 0.276. The molecule has 0 radical (unpaired) electrons. The molecule has 0 spiro atoms. The van der Waals surface area contributed by atoms with Crippen molar-refractivity contribution in [2.75, 3.05) is 13.2 Å². The van der Waals surface area contributed by atoms with Crippen LogP contribution in [0.4, 0.5) is 0 Å². The standard InChI is InChI=1S/C31H56O4Si/c1-28(2,3)35-33-20-19-32-27-14-13-25-24-12-11-22-21-23(34-36(9,10)29(4,5)6)15-17-30(22,7)26(24)16-18-31(25,27)8/h11,23-27H,12-21H2,1-10H3/t23-,24-,25-,26-,27-,30-,31-/m0/s1. The highest BCUT2D eigenvalue weighted by Gasteiger charge is 2.59. The summed E-state index contributed by atoms with van der Waals surface area (Å²) in [4.78, 5) is 10.8. The minimum Gasteiger partial charge on any atom is -0.414 e. The molecule has 0 aromatic carbocycles. The molecule has 0 saturated heterocycles. The number of hydrogen-bond acceptors (Lipinski definition) is 4. The zero-order chi connectivity index (χ0) is 26.6. The molecule has 3 fully saturated rings. The van der Waals surface area contributed by atoms with Crippen LogP contribution >= 0.6 is 0 Å². The first-order valence-corrected chi connectivity index (χ1v) is 17.8.